The van der Waals surface area contributed by atoms with Gasteiger partial charge in [-0.1, -0.05) is 79.7 Å². The second-order valence-electron chi connectivity index (χ2n) is 7.05. The molecule has 1 unspecified atom stereocenters. The molecule has 0 fully saturated rings. The number of nitrogens with zero attached hydrogens (tertiary/aromatic N) is 1. The Morgan fingerprint density at radius 1 is 0.862 bits per heavy atom. The minimum atomic E-state index is -0.263. The van der Waals surface area contributed by atoms with Gasteiger partial charge in [-0.2, -0.15) is 0 Å². The van der Waals surface area contributed by atoms with E-state index in [1.165, 1.54) is 0 Å². The van der Waals surface area contributed by atoms with Crippen molar-refractivity contribution in [2.24, 2.45) is 0 Å². The molecule has 0 radical (unpaired) electrons. The van der Waals surface area contributed by atoms with E-state index in [1.807, 2.05) is 79.7 Å². The molecule has 0 saturated heterocycles. The molecule has 148 valence electrons. The van der Waals surface area contributed by atoms with Crippen molar-refractivity contribution < 1.29 is 9.59 Å². The maximum atomic E-state index is 13.0. The van der Waals surface area contributed by atoms with Gasteiger partial charge >= 0.3 is 0 Å². The Labute approximate surface area is 172 Å². The smallest absolute Gasteiger partial charge is 0.256 e. The van der Waals surface area contributed by atoms with Crippen molar-refractivity contribution in [2.75, 3.05) is 12.4 Å². The molecule has 0 aliphatic carbocycles. The number of para-hydroxylation sites is 1. The summed E-state index contributed by atoms with van der Waals surface area (Å²) in [7, 11) is 1.77. The van der Waals surface area contributed by atoms with Crippen LogP contribution in [0.5, 0.6) is 0 Å². The highest BCUT2D eigenvalue weighted by atomic mass is 16.2. The summed E-state index contributed by atoms with van der Waals surface area (Å²) in [5.74, 6) is -0.497. The van der Waals surface area contributed by atoms with Crippen molar-refractivity contribution in [3.63, 3.8) is 0 Å². The number of rotatable bonds is 7. The SMILES string of the molecule is CCC(C(=O)Nc1ccccc1C(=O)N(C)Cc1ccccc1)c1ccccc1. The number of hydrogen-bond donors (Lipinski definition) is 1. The van der Waals surface area contributed by atoms with Crippen LogP contribution in [0.25, 0.3) is 0 Å². The Bertz CT molecular complexity index is 955. The number of carbonyl (C=O) groups excluding carboxylic acids is 2. The first-order valence-corrected chi connectivity index (χ1v) is 9.84. The van der Waals surface area contributed by atoms with Gasteiger partial charge in [0.15, 0.2) is 0 Å². The number of nitrogens with one attached hydrogen (secondary N) is 1. The average Bonchev–Trinajstić information content (AvgIpc) is 2.75. The molecular weight excluding hydrogens is 360 g/mol. The van der Waals surface area contributed by atoms with E-state index < -0.39 is 0 Å². The van der Waals surface area contributed by atoms with Crippen LogP contribution in [0.15, 0.2) is 84.9 Å². The average molecular weight is 386 g/mol. The van der Waals surface area contributed by atoms with Gasteiger partial charge in [0.05, 0.1) is 17.2 Å². The summed E-state index contributed by atoms with van der Waals surface area (Å²) in [6.07, 6.45) is 0.680. The summed E-state index contributed by atoms with van der Waals surface area (Å²) in [6.45, 7) is 2.49. The second-order valence-corrected chi connectivity index (χ2v) is 7.05. The Balaban J connectivity index is 1.77. The van der Waals surface area contributed by atoms with Crippen LogP contribution in [0.3, 0.4) is 0 Å². The van der Waals surface area contributed by atoms with Crippen LogP contribution in [-0.2, 0) is 11.3 Å². The Morgan fingerprint density at radius 3 is 2.10 bits per heavy atom. The van der Waals surface area contributed by atoms with Crippen molar-refractivity contribution in [1.29, 1.82) is 0 Å². The first-order chi connectivity index (χ1) is 14.1. The predicted octanol–water partition coefficient (Wildman–Crippen LogP) is 5.09. The van der Waals surface area contributed by atoms with Crippen LogP contribution in [0.4, 0.5) is 5.69 Å². The molecule has 1 N–H and O–H groups in total. The van der Waals surface area contributed by atoms with E-state index in [9.17, 15) is 9.59 Å². The van der Waals surface area contributed by atoms with Crippen molar-refractivity contribution in [3.05, 3.63) is 102 Å². The molecule has 1 atom stereocenters. The van der Waals surface area contributed by atoms with Crippen molar-refractivity contribution in [2.45, 2.75) is 25.8 Å². The summed E-state index contributed by atoms with van der Waals surface area (Å²) in [5, 5.41) is 2.97. The van der Waals surface area contributed by atoms with Gasteiger partial charge in [0.25, 0.3) is 5.91 Å². The fraction of sp³-hybridized carbons (Fsp3) is 0.200. The van der Waals surface area contributed by atoms with Gasteiger partial charge in [0.1, 0.15) is 0 Å². The molecule has 0 aliphatic rings. The third-order valence-corrected chi connectivity index (χ3v) is 4.95. The fourth-order valence-corrected chi connectivity index (χ4v) is 3.39. The van der Waals surface area contributed by atoms with Crippen LogP contribution < -0.4 is 5.32 Å². The Morgan fingerprint density at radius 2 is 1.45 bits per heavy atom. The molecule has 2 amide bonds. The molecule has 3 rings (SSSR count). The van der Waals surface area contributed by atoms with E-state index in [4.69, 9.17) is 0 Å². The first-order valence-electron chi connectivity index (χ1n) is 9.84. The van der Waals surface area contributed by atoms with Crippen molar-refractivity contribution >= 4 is 17.5 Å². The van der Waals surface area contributed by atoms with Gasteiger partial charge in [-0.05, 0) is 29.7 Å². The van der Waals surface area contributed by atoms with E-state index in [-0.39, 0.29) is 17.7 Å². The molecule has 29 heavy (non-hydrogen) atoms. The van der Waals surface area contributed by atoms with E-state index in [2.05, 4.69) is 5.32 Å². The van der Waals surface area contributed by atoms with E-state index >= 15 is 0 Å². The lowest BCUT2D eigenvalue weighted by Gasteiger charge is -2.21. The van der Waals surface area contributed by atoms with E-state index in [1.54, 1.807) is 24.1 Å². The van der Waals surface area contributed by atoms with Crippen molar-refractivity contribution in [3.8, 4) is 0 Å². The highest BCUT2D eigenvalue weighted by molar-refractivity contribution is 6.05. The molecule has 4 heteroatoms. The largest absolute Gasteiger partial charge is 0.337 e. The minimum absolute atomic E-state index is 0.107. The number of benzene rings is 3. The van der Waals surface area contributed by atoms with E-state index in [0.29, 0.717) is 24.2 Å². The van der Waals surface area contributed by atoms with Gasteiger partial charge < -0.3 is 10.2 Å². The molecule has 0 heterocycles. The molecule has 0 aliphatic heterocycles. The van der Waals surface area contributed by atoms with Gasteiger partial charge in [0, 0.05) is 13.6 Å². The van der Waals surface area contributed by atoms with Gasteiger partial charge in [-0.25, -0.2) is 0 Å². The highest BCUT2D eigenvalue weighted by Crippen LogP contribution is 2.24. The zero-order valence-electron chi connectivity index (χ0n) is 16.8. The van der Waals surface area contributed by atoms with Crippen molar-refractivity contribution in [1.82, 2.24) is 4.90 Å². The predicted molar refractivity (Wildman–Crippen MR) is 117 cm³/mol. The zero-order valence-corrected chi connectivity index (χ0v) is 16.8. The lowest BCUT2D eigenvalue weighted by molar-refractivity contribution is -0.117. The standard InChI is InChI=1S/C25H26N2O2/c1-3-21(20-14-8-5-9-15-20)24(28)26-23-17-11-10-16-22(23)25(29)27(2)18-19-12-6-4-7-13-19/h4-17,21H,3,18H2,1-2H3,(H,26,28). The maximum absolute atomic E-state index is 13.0. The highest BCUT2D eigenvalue weighted by Gasteiger charge is 2.22. The fourth-order valence-electron chi connectivity index (χ4n) is 3.39. The molecule has 0 aromatic heterocycles. The molecule has 4 nitrogen and oxygen atoms in total. The Kier molecular flexibility index (Phi) is 6.80. The monoisotopic (exact) mass is 386 g/mol. The summed E-state index contributed by atoms with van der Waals surface area (Å²) in [6, 6.07) is 26.7. The van der Waals surface area contributed by atoms with Crippen LogP contribution >= 0.6 is 0 Å². The second kappa shape index (κ2) is 9.69. The number of amides is 2. The molecule has 0 saturated carbocycles. The summed E-state index contributed by atoms with van der Waals surface area (Å²) in [4.78, 5) is 27.6. The quantitative estimate of drug-likeness (QED) is 0.615. The van der Waals surface area contributed by atoms with E-state index in [0.717, 1.165) is 11.1 Å². The summed E-state index contributed by atoms with van der Waals surface area (Å²) in [5.41, 5.74) is 3.05. The number of carbonyl (C=O) groups is 2. The van der Waals surface area contributed by atoms with Gasteiger partial charge in [0.2, 0.25) is 5.91 Å². The normalized spacial score (nSPS) is 11.5. The first kappa shape index (κ1) is 20.3. The van der Waals surface area contributed by atoms with Crippen LogP contribution in [0.2, 0.25) is 0 Å². The molecular formula is C25H26N2O2. The Hall–Kier alpha value is -3.40. The van der Waals surface area contributed by atoms with Gasteiger partial charge in [-0.3, -0.25) is 9.59 Å². The zero-order chi connectivity index (χ0) is 20.6. The number of hydrogen-bond acceptors (Lipinski definition) is 2. The molecule has 3 aromatic rings. The lowest BCUT2D eigenvalue weighted by atomic mass is 9.95. The van der Waals surface area contributed by atoms with Crippen LogP contribution in [0.1, 0.15) is 40.7 Å². The third kappa shape index (κ3) is 5.11. The molecule has 3 aromatic carbocycles. The topological polar surface area (TPSA) is 49.4 Å². The maximum Gasteiger partial charge on any atom is 0.256 e. The minimum Gasteiger partial charge on any atom is -0.337 e. The van der Waals surface area contributed by atoms with Crippen LogP contribution in [-0.4, -0.2) is 23.8 Å². The molecule has 0 spiro atoms. The number of anilines is 1. The molecule has 0 bridgehead atoms. The summed E-state index contributed by atoms with van der Waals surface area (Å²) < 4.78 is 0. The lowest BCUT2D eigenvalue weighted by Crippen LogP contribution is -2.28. The summed E-state index contributed by atoms with van der Waals surface area (Å²) >= 11 is 0. The van der Waals surface area contributed by atoms with Crippen LogP contribution in [0, 0.1) is 0 Å². The third-order valence-electron chi connectivity index (χ3n) is 4.95. The van der Waals surface area contributed by atoms with Gasteiger partial charge in [-0.15, -0.1) is 0 Å².